The maximum absolute atomic E-state index is 10.8. The second-order valence-electron chi connectivity index (χ2n) is 2.34. The summed E-state index contributed by atoms with van der Waals surface area (Å²) in [6, 6.07) is 2.01. The number of hydrogen-bond acceptors (Lipinski definition) is 5. The molecule has 0 saturated carbocycles. The van der Waals surface area contributed by atoms with Gasteiger partial charge in [-0.15, -0.1) is 23.1 Å². The van der Waals surface area contributed by atoms with E-state index in [4.69, 9.17) is 10.4 Å². The Morgan fingerprint density at radius 2 is 2.36 bits per heavy atom. The van der Waals surface area contributed by atoms with Gasteiger partial charge in [-0.2, -0.15) is 5.26 Å². The molecular formula is C8H8N2O2S2. The average Bonchev–Trinajstić information content (AvgIpc) is 2.54. The molecule has 0 aliphatic carbocycles. The molecule has 6 heteroatoms. The van der Waals surface area contributed by atoms with Crippen LogP contribution >= 0.6 is 23.1 Å². The summed E-state index contributed by atoms with van der Waals surface area (Å²) < 4.78 is 0.731. The van der Waals surface area contributed by atoms with Crippen molar-refractivity contribution in [1.82, 2.24) is 0 Å². The fraction of sp³-hybridized carbons (Fsp3) is 0.250. The highest BCUT2D eigenvalue weighted by Gasteiger charge is 2.20. The molecule has 74 valence electrons. The quantitative estimate of drug-likeness (QED) is 0.775. The van der Waals surface area contributed by atoms with Crippen molar-refractivity contribution in [2.75, 3.05) is 18.6 Å². The monoisotopic (exact) mass is 228 g/mol. The molecule has 0 fully saturated rings. The number of nitriles is 1. The van der Waals surface area contributed by atoms with Gasteiger partial charge in [0.15, 0.2) is 0 Å². The summed E-state index contributed by atoms with van der Waals surface area (Å²) in [7, 11) is 1.61. The van der Waals surface area contributed by atoms with Gasteiger partial charge in [0.2, 0.25) is 0 Å². The molecule has 0 aliphatic heterocycles. The summed E-state index contributed by atoms with van der Waals surface area (Å²) in [5, 5.41) is 20.5. The van der Waals surface area contributed by atoms with Crippen molar-refractivity contribution in [2.24, 2.45) is 0 Å². The molecule has 0 spiro atoms. The van der Waals surface area contributed by atoms with Crippen molar-refractivity contribution in [2.45, 2.75) is 4.21 Å². The molecule has 0 saturated heterocycles. The van der Waals surface area contributed by atoms with Gasteiger partial charge in [0.05, 0.1) is 9.90 Å². The Hall–Kier alpha value is -1.19. The van der Waals surface area contributed by atoms with Crippen LogP contribution in [-0.2, 0) is 0 Å². The van der Waals surface area contributed by atoms with Crippen LogP contribution in [0.2, 0.25) is 0 Å². The molecule has 1 heterocycles. The first-order chi connectivity index (χ1) is 6.65. The van der Waals surface area contributed by atoms with Crippen LogP contribution in [0.25, 0.3) is 0 Å². The number of carboxylic acid groups (broad SMARTS) is 1. The van der Waals surface area contributed by atoms with Crippen molar-refractivity contribution < 1.29 is 9.90 Å². The number of nitrogens with one attached hydrogen (secondary N) is 1. The Morgan fingerprint density at radius 1 is 1.71 bits per heavy atom. The first-order valence-corrected chi connectivity index (χ1v) is 5.71. The zero-order valence-corrected chi connectivity index (χ0v) is 9.25. The molecule has 0 atom stereocenters. The lowest BCUT2D eigenvalue weighted by Gasteiger charge is -1.98. The predicted molar refractivity (Wildman–Crippen MR) is 57.3 cm³/mol. The normalized spacial score (nSPS) is 9.50. The smallest absolute Gasteiger partial charge is 0.348 e. The maximum Gasteiger partial charge on any atom is 0.348 e. The van der Waals surface area contributed by atoms with Crippen molar-refractivity contribution in [1.29, 1.82) is 5.26 Å². The van der Waals surface area contributed by atoms with E-state index >= 15 is 0 Å². The molecule has 0 aromatic carbocycles. The standard InChI is InChI=1S/C8H8N2O2S2/c1-10-5-4(3-9)8(13-2)14-6(5)7(11)12/h10H,1-2H3,(H,11,12). The molecule has 2 N–H and O–H groups in total. The van der Waals surface area contributed by atoms with E-state index in [2.05, 4.69) is 5.32 Å². The minimum absolute atomic E-state index is 0.188. The van der Waals surface area contributed by atoms with E-state index in [-0.39, 0.29) is 4.88 Å². The molecule has 14 heavy (non-hydrogen) atoms. The summed E-state index contributed by atoms with van der Waals surface area (Å²) in [6.45, 7) is 0. The van der Waals surface area contributed by atoms with Gasteiger partial charge < -0.3 is 10.4 Å². The molecule has 4 nitrogen and oxygen atoms in total. The minimum atomic E-state index is -1.00. The SMILES string of the molecule is CNc1c(C(=O)O)sc(SC)c1C#N. The Bertz CT molecular complexity index is 406. The molecule has 1 rings (SSSR count). The van der Waals surface area contributed by atoms with Gasteiger partial charge in [-0.25, -0.2) is 4.79 Å². The molecular weight excluding hydrogens is 220 g/mol. The second kappa shape index (κ2) is 4.35. The molecule has 1 aromatic rings. The number of thiophene rings is 1. The van der Waals surface area contributed by atoms with Gasteiger partial charge in [0, 0.05) is 7.05 Å². The molecule has 0 unspecified atom stereocenters. The van der Waals surface area contributed by atoms with Crippen LogP contribution in [0.1, 0.15) is 15.2 Å². The van der Waals surface area contributed by atoms with Crippen LogP contribution in [0.15, 0.2) is 4.21 Å². The number of aromatic carboxylic acids is 1. The number of carboxylic acids is 1. The molecule has 0 bridgehead atoms. The van der Waals surface area contributed by atoms with E-state index in [1.165, 1.54) is 11.8 Å². The fourth-order valence-electron chi connectivity index (χ4n) is 1.04. The zero-order valence-electron chi connectivity index (χ0n) is 7.62. The van der Waals surface area contributed by atoms with E-state index in [9.17, 15) is 4.79 Å². The number of thioether (sulfide) groups is 1. The zero-order chi connectivity index (χ0) is 10.7. The van der Waals surface area contributed by atoms with Crippen LogP contribution in [0.4, 0.5) is 5.69 Å². The summed E-state index contributed by atoms with van der Waals surface area (Å²) in [5.74, 6) is -1.00. The lowest BCUT2D eigenvalue weighted by atomic mass is 10.2. The van der Waals surface area contributed by atoms with E-state index in [0.29, 0.717) is 11.3 Å². The van der Waals surface area contributed by atoms with Gasteiger partial charge in [0.1, 0.15) is 16.5 Å². The van der Waals surface area contributed by atoms with Gasteiger partial charge in [-0.3, -0.25) is 0 Å². The first-order valence-electron chi connectivity index (χ1n) is 3.67. The Balaban J connectivity index is 3.40. The molecule has 0 amide bonds. The summed E-state index contributed by atoms with van der Waals surface area (Å²) in [6.07, 6.45) is 1.82. The fourth-order valence-corrected chi connectivity index (χ4v) is 2.81. The highest BCUT2D eigenvalue weighted by Crippen LogP contribution is 2.38. The van der Waals surface area contributed by atoms with E-state index in [0.717, 1.165) is 15.5 Å². The third-order valence-electron chi connectivity index (χ3n) is 1.62. The summed E-state index contributed by atoms with van der Waals surface area (Å²) >= 11 is 2.50. The molecule has 0 radical (unpaired) electrons. The van der Waals surface area contributed by atoms with Crippen molar-refractivity contribution >= 4 is 34.8 Å². The summed E-state index contributed by atoms with van der Waals surface area (Å²) in [5.41, 5.74) is 0.830. The minimum Gasteiger partial charge on any atom is -0.477 e. The number of anilines is 1. The summed E-state index contributed by atoms with van der Waals surface area (Å²) in [4.78, 5) is 11.0. The lowest BCUT2D eigenvalue weighted by Crippen LogP contribution is -1.99. The average molecular weight is 228 g/mol. The van der Waals surface area contributed by atoms with Crippen molar-refractivity contribution in [3.8, 4) is 6.07 Å². The van der Waals surface area contributed by atoms with Crippen LogP contribution in [0, 0.1) is 11.3 Å². The molecule has 1 aromatic heterocycles. The van der Waals surface area contributed by atoms with Gasteiger partial charge in [0.25, 0.3) is 0 Å². The first kappa shape index (κ1) is 10.9. The Kier molecular flexibility index (Phi) is 3.38. The number of nitrogens with zero attached hydrogens (tertiary/aromatic N) is 1. The highest BCUT2D eigenvalue weighted by molar-refractivity contribution is 8.00. The number of hydrogen-bond donors (Lipinski definition) is 2. The van der Waals surface area contributed by atoms with Crippen molar-refractivity contribution in [3.63, 3.8) is 0 Å². The van der Waals surface area contributed by atoms with Gasteiger partial charge in [-0.05, 0) is 6.26 Å². The van der Waals surface area contributed by atoms with Crippen LogP contribution in [0.3, 0.4) is 0 Å². The van der Waals surface area contributed by atoms with Gasteiger partial charge >= 0.3 is 5.97 Å². The largest absolute Gasteiger partial charge is 0.477 e. The molecule has 0 aliphatic rings. The van der Waals surface area contributed by atoms with Crippen LogP contribution in [0.5, 0.6) is 0 Å². The van der Waals surface area contributed by atoms with Crippen molar-refractivity contribution in [3.05, 3.63) is 10.4 Å². The Morgan fingerprint density at radius 3 is 2.71 bits per heavy atom. The third-order valence-corrected chi connectivity index (χ3v) is 3.91. The Labute approximate surface area is 89.6 Å². The van der Waals surface area contributed by atoms with E-state index in [1.54, 1.807) is 7.05 Å². The topological polar surface area (TPSA) is 73.1 Å². The lowest BCUT2D eigenvalue weighted by molar-refractivity contribution is 0.0703. The maximum atomic E-state index is 10.8. The van der Waals surface area contributed by atoms with Crippen LogP contribution < -0.4 is 5.32 Å². The van der Waals surface area contributed by atoms with E-state index < -0.39 is 5.97 Å². The number of carbonyl (C=O) groups is 1. The van der Waals surface area contributed by atoms with Gasteiger partial charge in [-0.1, -0.05) is 0 Å². The number of rotatable bonds is 3. The second-order valence-corrected chi connectivity index (χ2v) is 4.44. The van der Waals surface area contributed by atoms with E-state index in [1.807, 2.05) is 12.3 Å². The third kappa shape index (κ3) is 1.69. The predicted octanol–water partition coefficient (Wildman–Crippen LogP) is 2.08. The van der Waals surface area contributed by atoms with Crippen LogP contribution in [-0.4, -0.2) is 24.4 Å². The highest BCUT2D eigenvalue weighted by atomic mass is 32.2.